The van der Waals surface area contributed by atoms with Crippen LogP contribution in [0.2, 0.25) is 0 Å². The molecule has 0 spiro atoms. The van der Waals surface area contributed by atoms with Gasteiger partial charge in [-0.05, 0) is 37.8 Å². The number of hydrogen-bond donors (Lipinski definition) is 1. The molecule has 2 heteroatoms. The Hall–Kier alpha value is -1.02. The Bertz CT molecular complexity index is 348. The summed E-state index contributed by atoms with van der Waals surface area (Å²) in [5, 5.41) is 0. The molecule has 0 saturated carbocycles. The van der Waals surface area contributed by atoms with Crippen molar-refractivity contribution in [3.63, 3.8) is 0 Å². The minimum absolute atomic E-state index is 0.187. The minimum Gasteiger partial charge on any atom is -0.372 e. The largest absolute Gasteiger partial charge is 0.372 e. The molecule has 0 radical (unpaired) electrons. The van der Waals surface area contributed by atoms with Gasteiger partial charge in [0.05, 0.1) is 0 Å². The fraction of sp³-hybridized carbons (Fsp3) is 0.625. The normalized spacial score (nSPS) is 13.4. The molecule has 0 aliphatic carbocycles. The quantitative estimate of drug-likeness (QED) is 0.863. The van der Waals surface area contributed by atoms with Crippen LogP contribution in [0.4, 0.5) is 5.69 Å². The molecule has 18 heavy (non-hydrogen) atoms. The van der Waals surface area contributed by atoms with Crippen molar-refractivity contribution in [2.24, 2.45) is 11.1 Å². The zero-order valence-corrected chi connectivity index (χ0v) is 12.5. The van der Waals surface area contributed by atoms with Crippen LogP contribution in [-0.2, 0) is 0 Å². The van der Waals surface area contributed by atoms with E-state index in [-0.39, 0.29) is 11.5 Å². The standard InChI is InChI=1S/C16H28N2/c1-6-18(12-11-15(17)16(3,4)5)14-9-7-13(2)8-10-14/h7-10,15H,6,11-12,17H2,1-5H3. The highest BCUT2D eigenvalue weighted by atomic mass is 15.1. The fourth-order valence-electron chi connectivity index (χ4n) is 1.95. The first-order chi connectivity index (χ1) is 8.34. The summed E-state index contributed by atoms with van der Waals surface area (Å²) in [5.74, 6) is 0. The molecule has 0 amide bonds. The average molecular weight is 248 g/mol. The summed E-state index contributed by atoms with van der Waals surface area (Å²) >= 11 is 0. The molecule has 0 bridgehead atoms. The van der Waals surface area contributed by atoms with Crippen LogP contribution in [0, 0.1) is 12.3 Å². The first-order valence-corrected chi connectivity index (χ1v) is 6.91. The minimum atomic E-state index is 0.187. The molecule has 0 aliphatic heterocycles. The predicted octanol–water partition coefficient (Wildman–Crippen LogP) is 3.58. The molecule has 1 unspecified atom stereocenters. The summed E-state index contributed by atoms with van der Waals surface area (Å²) in [4.78, 5) is 2.39. The lowest BCUT2D eigenvalue weighted by Crippen LogP contribution is -2.38. The Kier molecular flexibility index (Phi) is 5.21. The number of nitrogens with zero attached hydrogens (tertiary/aromatic N) is 1. The molecule has 1 aromatic carbocycles. The van der Waals surface area contributed by atoms with Gasteiger partial charge in [0.2, 0.25) is 0 Å². The highest BCUT2D eigenvalue weighted by Crippen LogP contribution is 2.21. The van der Waals surface area contributed by atoms with Gasteiger partial charge in [-0.25, -0.2) is 0 Å². The second-order valence-electron chi connectivity index (χ2n) is 6.18. The summed E-state index contributed by atoms with van der Waals surface area (Å²) in [5.41, 5.74) is 9.02. The van der Waals surface area contributed by atoms with Gasteiger partial charge in [-0.3, -0.25) is 0 Å². The zero-order valence-electron chi connectivity index (χ0n) is 12.5. The molecule has 1 aromatic rings. The number of rotatable bonds is 5. The van der Waals surface area contributed by atoms with Crippen LogP contribution in [0.25, 0.3) is 0 Å². The van der Waals surface area contributed by atoms with Gasteiger partial charge in [0.1, 0.15) is 0 Å². The Morgan fingerprint density at radius 3 is 2.17 bits per heavy atom. The third kappa shape index (κ3) is 4.34. The third-order valence-electron chi connectivity index (χ3n) is 3.60. The maximum atomic E-state index is 6.23. The monoisotopic (exact) mass is 248 g/mol. The number of aryl methyl sites for hydroxylation is 1. The van der Waals surface area contributed by atoms with Gasteiger partial charge in [0, 0.05) is 24.8 Å². The van der Waals surface area contributed by atoms with Crippen LogP contribution in [0.15, 0.2) is 24.3 Å². The van der Waals surface area contributed by atoms with Gasteiger partial charge in [0.15, 0.2) is 0 Å². The SMILES string of the molecule is CCN(CCC(N)C(C)(C)C)c1ccc(C)cc1. The van der Waals surface area contributed by atoms with Crippen molar-refractivity contribution in [1.82, 2.24) is 0 Å². The first-order valence-electron chi connectivity index (χ1n) is 6.91. The first kappa shape index (κ1) is 15.0. The number of benzene rings is 1. The molecular weight excluding hydrogens is 220 g/mol. The predicted molar refractivity (Wildman–Crippen MR) is 81.1 cm³/mol. The molecule has 0 heterocycles. The third-order valence-corrected chi connectivity index (χ3v) is 3.60. The van der Waals surface area contributed by atoms with Crippen LogP contribution >= 0.6 is 0 Å². The molecule has 0 fully saturated rings. The molecule has 1 atom stereocenters. The van der Waals surface area contributed by atoms with Crippen molar-refractivity contribution in [2.75, 3.05) is 18.0 Å². The lowest BCUT2D eigenvalue weighted by atomic mass is 9.85. The maximum absolute atomic E-state index is 6.23. The summed E-state index contributed by atoms with van der Waals surface area (Å²) in [7, 11) is 0. The summed E-state index contributed by atoms with van der Waals surface area (Å²) < 4.78 is 0. The lowest BCUT2D eigenvalue weighted by Gasteiger charge is -2.30. The van der Waals surface area contributed by atoms with Gasteiger partial charge in [-0.15, -0.1) is 0 Å². The molecule has 2 nitrogen and oxygen atoms in total. The highest BCUT2D eigenvalue weighted by molar-refractivity contribution is 5.47. The molecule has 0 saturated heterocycles. The summed E-state index contributed by atoms with van der Waals surface area (Å²) in [6.07, 6.45) is 1.03. The summed E-state index contributed by atoms with van der Waals surface area (Å²) in [6.45, 7) is 13.0. The van der Waals surface area contributed by atoms with Gasteiger partial charge in [0.25, 0.3) is 0 Å². The van der Waals surface area contributed by atoms with E-state index in [0.717, 1.165) is 19.5 Å². The van der Waals surface area contributed by atoms with Gasteiger partial charge in [-0.1, -0.05) is 38.5 Å². The Morgan fingerprint density at radius 2 is 1.72 bits per heavy atom. The van der Waals surface area contributed by atoms with E-state index in [2.05, 4.69) is 63.8 Å². The lowest BCUT2D eigenvalue weighted by molar-refractivity contribution is 0.307. The van der Waals surface area contributed by atoms with Crippen LogP contribution in [0.5, 0.6) is 0 Å². The Labute approximate surface area is 112 Å². The number of nitrogens with two attached hydrogens (primary N) is 1. The van der Waals surface area contributed by atoms with Crippen molar-refractivity contribution in [2.45, 2.75) is 47.1 Å². The average Bonchev–Trinajstić information content (AvgIpc) is 2.30. The van der Waals surface area contributed by atoms with E-state index in [4.69, 9.17) is 5.73 Å². The molecule has 0 aliphatic rings. The van der Waals surface area contributed by atoms with Crippen LogP contribution in [-0.4, -0.2) is 19.1 Å². The van der Waals surface area contributed by atoms with Crippen molar-refractivity contribution in [3.05, 3.63) is 29.8 Å². The van der Waals surface area contributed by atoms with E-state index in [1.807, 2.05) is 0 Å². The van der Waals surface area contributed by atoms with Gasteiger partial charge >= 0.3 is 0 Å². The molecule has 1 rings (SSSR count). The van der Waals surface area contributed by atoms with Gasteiger partial charge < -0.3 is 10.6 Å². The fourth-order valence-corrected chi connectivity index (χ4v) is 1.95. The smallest absolute Gasteiger partial charge is 0.0366 e. The van der Waals surface area contributed by atoms with E-state index in [9.17, 15) is 0 Å². The number of hydrogen-bond acceptors (Lipinski definition) is 2. The molecule has 2 N–H and O–H groups in total. The van der Waals surface area contributed by atoms with Crippen LogP contribution < -0.4 is 10.6 Å². The molecule has 0 aromatic heterocycles. The van der Waals surface area contributed by atoms with Crippen molar-refractivity contribution >= 4 is 5.69 Å². The van der Waals surface area contributed by atoms with E-state index >= 15 is 0 Å². The van der Waals surface area contributed by atoms with Gasteiger partial charge in [-0.2, -0.15) is 0 Å². The van der Waals surface area contributed by atoms with Crippen molar-refractivity contribution in [3.8, 4) is 0 Å². The highest BCUT2D eigenvalue weighted by Gasteiger charge is 2.20. The van der Waals surface area contributed by atoms with Crippen molar-refractivity contribution in [1.29, 1.82) is 0 Å². The Morgan fingerprint density at radius 1 is 1.17 bits per heavy atom. The zero-order chi connectivity index (χ0) is 13.8. The molecular formula is C16H28N2. The Balaban J connectivity index is 2.60. The van der Waals surface area contributed by atoms with E-state index in [1.54, 1.807) is 0 Å². The van der Waals surface area contributed by atoms with E-state index in [0.29, 0.717) is 0 Å². The summed E-state index contributed by atoms with van der Waals surface area (Å²) in [6, 6.07) is 8.98. The van der Waals surface area contributed by atoms with Crippen molar-refractivity contribution < 1.29 is 0 Å². The topological polar surface area (TPSA) is 29.3 Å². The van der Waals surface area contributed by atoms with Crippen LogP contribution in [0.1, 0.15) is 39.7 Å². The van der Waals surface area contributed by atoms with E-state index in [1.165, 1.54) is 11.3 Å². The second kappa shape index (κ2) is 6.24. The maximum Gasteiger partial charge on any atom is 0.0366 e. The number of anilines is 1. The molecule has 102 valence electrons. The second-order valence-corrected chi connectivity index (χ2v) is 6.18. The van der Waals surface area contributed by atoms with E-state index < -0.39 is 0 Å². The van der Waals surface area contributed by atoms with Crippen LogP contribution in [0.3, 0.4) is 0 Å².